The summed E-state index contributed by atoms with van der Waals surface area (Å²) in [6, 6.07) is 0.683. The molecule has 0 spiro atoms. The Kier molecular flexibility index (Phi) is 6.36. The summed E-state index contributed by atoms with van der Waals surface area (Å²) in [6.45, 7) is 2.23. The van der Waals surface area contributed by atoms with Crippen molar-refractivity contribution < 1.29 is 27.1 Å². The summed E-state index contributed by atoms with van der Waals surface area (Å²) >= 11 is 11.3. The van der Waals surface area contributed by atoms with Crippen LogP contribution in [-0.2, 0) is 19.5 Å². The predicted octanol–water partition coefficient (Wildman–Crippen LogP) is 1.97. The molecule has 118 valence electrons. The van der Waals surface area contributed by atoms with E-state index in [1.165, 1.54) is 0 Å². The Morgan fingerprint density at radius 1 is 1.33 bits per heavy atom. The summed E-state index contributed by atoms with van der Waals surface area (Å²) in [5, 5.41) is 3.52. The minimum Gasteiger partial charge on any atom is -0.460 e. The molecule has 0 saturated carbocycles. The molecule has 1 aromatic carbocycles. The number of nitrogens with two attached hydrogens (primary N) is 1. The quantitative estimate of drug-likeness (QED) is 0.475. The molecule has 21 heavy (non-hydrogen) atoms. The number of halogens is 3. The van der Waals surface area contributed by atoms with Gasteiger partial charge in [-0.05, 0) is 13.0 Å². The Bertz CT molecular complexity index is 651. The Balaban J connectivity index is 3.15. The lowest BCUT2D eigenvalue weighted by Gasteiger charge is -2.11. The van der Waals surface area contributed by atoms with Gasteiger partial charge in [-0.15, -0.1) is 0 Å². The molecule has 0 aliphatic carbocycles. The second-order valence-electron chi connectivity index (χ2n) is 3.74. The number of benzene rings is 1. The summed E-state index contributed by atoms with van der Waals surface area (Å²) in [5.74, 6) is -2.16. The Labute approximate surface area is 131 Å². The summed E-state index contributed by atoms with van der Waals surface area (Å²) in [5.41, 5.74) is -0.487. The zero-order chi connectivity index (χ0) is 16.2. The van der Waals surface area contributed by atoms with Gasteiger partial charge in [0.25, 0.3) is 0 Å². The third-order valence-corrected chi connectivity index (χ3v) is 4.25. The van der Waals surface area contributed by atoms with Gasteiger partial charge in [0.05, 0.1) is 22.2 Å². The number of primary sulfonamides is 1. The molecule has 6 nitrogen and oxygen atoms in total. The minimum absolute atomic E-state index is 0.0992. The largest absolute Gasteiger partial charge is 0.460 e. The van der Waals surface area contributed by atoms with Crippen LogP contribution in [0.5, 0.6) is 0 Å². The van der Waals surface area contributed by atoms with E-state index in [1.807, 2.05) is 0 Å². The van der Waals surface area contributed by atoms with Crippen LogP contribution in [0.25, 0.3) is 0 Å². The second kappa shape index (κ2) is 7.37. The van der Waals surface area contributed by atoms with Gasteiger partial charge < -0.3 is 9.47 Å². The molecule has 1 rings (SSSR count). The van der Waals surface area contributed by atoms with Crippen LogP contribution in [0.4, 0.5) is 4.39 Å². The first kappa shape index (κ1) is 18.1. The number of carbonyl (C=O) groups is 1. The fourth-order valence-electron chi connectivity index (χ4n) is 1.39. The highest BCUT2D eigenvalue weighted by atomic mass is 35.5. The van der Waals surface area contributed by atoms with Crippen LogP contribution >= 0.6 is 23.2 Å². The lowest BCUT2D eigenvalue weighted by atomic mass is 10.2. The molecular formula is C11H12Cl2FNO5S. The van der Waals surface area contributed by atoms with E-state index in [9.17, 15) is 17.6 Å². The van der Waals surface area contributed by atoms with Gasteiger partial charge in [-0.3, -0.25) is 0 Å². The van der Waals surface area contributed by atoms with E-state index in [2.05, 4.69) is 0 Å². The smallest absolute Gasteiger partial charge is 0.339 e. The molecule has 0 atom stereocenters. The van der Waals surface area contributed by atoms with Crippen molar-refractivity contribution in [2.75, 3.05) is 19.8 Å². The maximum atomic E-state index is 13.6. The van der Waals surface area contributed by atoms with Gasteiger partial charge in [0.15, 0.2) is 0 Å². The topological polar surface area (TPSA) is 95.7 Å². The molecular weight excluding hydrogens is 348 g/mol. The standard InChI is InChI=1S/C11H12Cl2FNO5S/c1-2-19-3-4-20-11(16)6-5-7(14)9(13)10(8(6)12)21(15,17)18/h5H,2-4H2,1H3,(H2,15,17,18). The molecule has 0 aliphatic heterocycles. The van der Waals surface area contributed by atoms with Crippen molar-refractivity contribution in [3.63, 3.8) is 0 Å². The number of esters is 1. The monoisotopic (exact) mass is 359 g/mol. The lowest BCUT2D eigenvalue weighted by molar-refractivity contribution is 0.0335. The van der Waals surface area contributed by atoms with Gasteiger partial charge in [-0.25, -0.2) is 22.7 Å². The average molecular weight is 360 g/mol. The van der Waals surface area contributed by atoms with E-state index < -0.39 is 42.3 Å². The van der Waals surface area contributed by atoms with E-state index in [4.69, 9.17) is 37.8 Å². The van der Waals surface area contributed by atoms with Gasteiger partial charge in [0.1, 0.15) is 17.3 Å². The van der Waals surface area contributed by atoms with Crippen LogP contribution in [0.15, 0.2) is 11.0 Å². The Morgan fingerprint density at radius 2 is 1.95 bits per heavy atom. The average Bonchev–Trinajstić information content (AvgIpc) is 2.37. The van der Waals surface area contributed by atoms with Crippen molar-refractivity contribution in [1.29, 1.82) is 0 Å². The van der Waals surface area contributed by atoms with Gasteiger partial charge in [0, 0.05) is 6.61 Å². The minimum atomic E-state index is -4.41. The first-order valence-corrected chi connectivity index (χ1v) is 7.95. The third-order valence-electron chi connectivity index (χ3n) is 2.29. The van der Waals surface area contributed by atoms with Crippen molar-refractivity contribution in [2.45, 2.75) is 11.8 Å². The van der Waals surface area contributed by atoms with E-state index in [-0.39, 0.29) is 13.2 Å². The molecule has 2 N–H and O–H groups in total. The highest BCUT2D eigenvalue weighted by Gasteiger charge is 2.27. The van der Waals surface area contributed by atoms with Crippen LogP contribution in [-0.4, -0.2) is 34.2 Å². The molecule has 0 bridgehead atoms. The van der Waals surface area contributed by atoms with Gasteiger partial charge in [-0.1, -0.05) is 23.2 Å². The van der Waals surface area contributed by atoms with Gasteiger partial charge in [-0.2, -0.15) is 0 Å². The van der Waals surface area contributed by atoms with Gasteiger partial charge >= 0.3 is 5.97 Å². The summed E-state index contributed by atoms with van der Waals surface area (Å²) in [6.07, 6.45) is 0. The molecule has 10 heteroatoms. The fraction of sp³-hybridized carbons (Fsp3) is 0.364. The molecule has 0 aromatic heterocycles. The van der Waals surface area contributed by atoms with E-state index in [0.29, 0.717) is 12.7 Å². The van der Waals surface area contributed by atoms with Crippen LogP contribution in [0.2, 0.25) is 10.0 Å². The number of hydrogen-bond acceptors (Lipinski definition) is 5. The van der Waals surface area contributed by atoms with Crippen LogP contribution < -0.4 is 5.14 Å². The third kappa shape index (κ3) is 4.52. The number of hydrogen-bond donors (Lipinski definition) is 1. The molecule has 1 aromatic rings. The zero-order valence-electron chi connectivity index (χ0n) is 10.9. The van der Waals surface area contributed by atoms with Crippen molar-refractivity contribution in [2.24, 2.45) is 5.14 Å². The Morgan fingerprint density at radius 3 is 2.48 bits per heavy atom. The number of rotatable bonds is 6. The van der Waals surface area contributed by atoms with Crippen LogP contribution in [0.3, 0.4) is 0 Å². The molecule has 0 heterocycles. The molecule has 0 fully saturated rings. The first-order valence-electron chi connectivity index (χ1n) is 5.65. The molecule has 0 unspecified atom stereocenters. The van der Waals surface area contributed by atoms with Gasteiger partial charge in [0.2, 0.25) is 10.0 Å². The normalized spacial score (nSPS) is 11.5. The maximum absolute atomic E-state index is 13.6. The van der Waals surface area contributed by atoms with E-state index in [1.54, 1.807) is 6.92 Å². The second-order valence-corrected chi connectivity index (χ2v) is 6.00. The highest BCUT2D eigenvalue weighted by molar-refractivity contribution is 7.89. The molecule has 0 amide bonds. The van der Waals surface area contributed by atoms with E-state index >= 15 is 0 Å². The van der Waals surface area contributed by atoms with E-state index in [0.717, 1.165) is 0 Å². The van der Waals surface area contributed by atoms with Crippen LogP contribution in [0, 0.1) is 5.82 Å². The lowest BCUT2D eigenvalue weighted by Crippen LogP contribution is -2.17. The Hall–Kier alpha value is -0.930. The molecule has 0 radical (unpaired) electrons. The number of sulfonamides is 1. The predicted molar refractivity (Wildman–Crippen MR) is 74.6 cm³/mol. The highest BCUT2D eigenvalue weighted by Crippen LogP contribution is 2.34. The van der Waals surface area contributed by atoms with Crippen molar-refractivity contribution >= 4 is 39.2 Å². The zero-order valence-corrected chi connectivity index (χ0v) is 13.2. The number of carbonyl (C=O) groups excluding carboxylic acids is 1. The molecule has 0 saturated heterocycles. The molecule has 0 aliphatic rings. The number of ether oxygens (including phenoxy) is 2. The maximum Gasteiger partial charge on any atom is 0.339 e. The summed E-state index contributed by atoms with van der Waals surface area (Å²) in [4.78, 5) is 10.9. The summed E-state index contributed by atoms with van der Waals surface area (Å²) < 4.78 is 46.1. The summed E-state index contributed by atoms with van der Waals surface area (Å²) in [7, 11) is -4.41. The van der Waals surface area contributed by atoms with Crippen molar-refractivity contribution in [3.8, 4) is 0 Å². The van der Waals surface area contributed by atoms with Crippen molar-refractivity contribution in [3.05, 3.63) is 27.5 Å². The van der Waals surface area contributed by atoms with Crippen LogP contribution in [0.1, 0.15) is 17.3 Å². The fourth-order valence-corrected chi connectivity index (χ4v) is 3.17. The first-order chi connectivity index (χ1) is 9.70. The van der Waals surface area contributed by atoms with Crippen molar-refractivity contribution in [1.82, 2.24) is 0 Å². The SMILES string of the molecule is CCOCCOC(=O)c1cc(F)c(Cl)c(S(N)(=O)=O)c1Cl.